The third-order valence-corrected chi connectivity index (χ3v) is 5.70. The van der Waals surface area contributed by atoms with Crippen molar-refractivity contribution in [1.82, 2.24) is 4.72 Å². The second-order valence-electron chi connectivity index (χ2n) is 4.85. The van der Waals surface area contributed by atoms with Crippen molar-refractivity contribution >= 4 is 27.0 Å². The molecule has 21 heavy (non-hydrogen) atoms. The van der Waals surface area contributed by atoms with Gasteiger partial charge in [-0.3, -0.25) is 0 Å². The zero-order valence-corrected chi connectivity index (χ0v) is 13.5. The number of benzene rings is 1. The van der Waals surface area contributed by atoms with E-state index in [0.717, 1.165) is 5.56 Å². The van der Waals surface area contributed by atoms with E-state index in [0.29, 0.717) is 11.1 Å². The van der Waals surface area contributed by atoms with Gasteiger partial charge >= 0.3 is 0 Å². The Morgan fingerprint density at radius 3 is 2.67 bits per heavy atom. The van der Waals surface area contributed by atoms with Crippen molar-refractivity contribution in [2.45, 2.75) is 24.8 Å². The molecule has 1 atom stereocenters. The summed E-state index contributed by atoms with van der Waals surface area (Å²) < 4.78 is 27.2. The molecule has 0 aliphatic heterocycles. The number of thiophene rings is 1. The molecule has 1 heterocycles. The monoisotopic (exact) mass is 326 g/mol. The van der Waals surface area contributed by atoms with Gasteiger partial charge in [0.2, 0.25) is 10.0 Å². The molecule has 0 spiro atoms. The van der Waals surface area contributed by atoms with Gasteiger partial charge in [-0.15, -0.1) is 0 Å². The Hall–Kier alpha value is -1.41. The lowest BCUT2D eigenvalue weighted by molar-refractivity contribution is 0.182. The van der Waals surface area contributed by atoms with Crippen LogP contribution in [0.2, 0.25) is 0 Å². The van der Waals surface area contributed by atoms with Crippen LogP contribution in [0.5, 0.6) is 0 Å². The first-order valence-corrected chi connectivity index (χ1v) is 8.81. The van der Waals surface area contributed by atoms with Crippen molar-refractivity contribution in [3.8, 4) is 0 Å². The molecule has 4 N–H and O–H groups in total. The highest BCUT2D eigenvalue weighted by molar-refractivity contribution is 7.89. The van der Waals surface area contributed by atoms with Gasteiger partial charge in [-0.2, -0.15) is 11.3 Å². The van der Waals surface area contributed by atoms with E-state index in [1.807, 2.05) is 12.3 Å². The van der Waals surface area contributed by atoms with Gasteiger partial charge in [0, 0.05) is 6.54 Å². The van der Waals surface area contributed by atoms with E-state index < -0.39 is 16.1 Å². The van der Waals surface area contributed by atoms with Crippen molar-refractivity contribution in [2.75, 3.05) is 12.3 Å². The molecule has 1 unspecified atom stereocenters. The summed E-state index contributed by atoms with van der Waals surface area (Å²) in [6, 6.07) is 5.12. The van der Waals surface area contributed by atoms with E-state index in [1.54, 1.807) is 30.5 Å². The second-order valence-corrected chi connectivity index (χ2v) is 7.33. The van der Waals surface area contributed by atoms with Gasteiger partial charge < -0.3 is 10.8 Å². The molecular formula is C14H18N2O3S2. The number of nitrogens with two attached hydrogens (primary N) is 1. The predicted molar refractivity (Wildman–Crippen MR) is 84.8 cm³/mol. The molecule has 2 rings (SSSR count). The van der Waals surface area contributed by atoms with Crippen molar-refractivity contribution < 1.29 is 13.5 Å². The molecule has 0 saturated heterocycles. The van der Waals surface area contributed by atoms with Crippen molar-refractivity contribution in [3.63, 3.8) is 0 Å². The Kier molecular flexibility index (Phi) is 4.67. The van der Waals surface area contributed by atoms with Crippen LogP contribution in [0.3, 0.4) is 0 Å². The first kappa shape index (κ1) is 16.0. The number of hydrogen-bond acceptors (Lipinski definition) is 5. The van der Waals surface area contributed by atoms with E-state index in [9.17, 15) is 13.5 Å². The van der Waals surface area contributed by atoms with Crippen LogP contribution in [-0.4, -0.2) is 20.1 Å². The molecule has 2 aromatic rings. The molecule has 5 nitrogen and oxygen atoms in total. The quantitative estimate of drug-likeness (QED) is 0.732. The Labute approximate surface area is 128 Å². The number of sulfonamides is 1. The van der Waals surface area contributed by atoms with Gasteiger partial charge in [0.15, 0.2) is 0 Å². The minimum absolute atomic E-state index is 0.0834. The third-order valence-electron chi connectivity index (χ3n) is 3.37. The maximum atomic E-state index is 12.4. The summed E-state index contributed by atoms with van der Waals surface area (Å²) in [4.78, 5) is 0.0834. The van der Waals surface area contributed by atoms with Gasteiger partial charge in [0.25, 0.3) is 0 Å². The van der Waals surface area contributed by atoms with Crippen molar-refractivity contribution in [2.24, 2.45) is 0 Å². The number of rotatable bonds is 5. The summed E-state index contributed by atoms with van der Waals surface area (Å²) in [6.07, 6.45) is -0.877. The molecule has 1 aromatic heterocycles. The van der Waals surface area contributed by atoms with Crippen molar-refractivity contribution in [3.05, 3.63) is 45.6 Å². The standard InChI is InChI=1S/C14H18N2O3S2/c1-9-3-4-12(15)14(10(9)2)21(18,19)16-7-13(17)11-5-6-20-8-11/h3-6,8,13,16-17H,7,15H2,1-2H3. The molecule has 0 aliphatic carbocycles. The molecule has 0 aliphatic rings. The Morgan fingerprint density at radius 2 is 2.05 bits per heavy atom. The lowest BCUT2D eigenvalue weighted by atomic mass is 10.1. The highest BCUT2D eigenvalue weighted by Gasteiger charge is 2.22. The third kappa shape index (κ3) is 3.44. The number of aliphatic hydroxyl groups excluding tert-OH is 1. The topological polar surface area (TPSA) is 92.4 Å². The first-order valence-electron chi connectivity index (χ1n) is 6.38. The molecular weight excluding hydrogens is 308 g/mol. The average Bonchev–Trinajstić information content (AvgIpc) is 2.95. The van der Waals surface area contributed by atoms with E-state index in [1.165, 1.54) is 11.3 Å². The van der Waals surface area contributed by atoms with E-state index in [4.69, 9.17) is 5.73 Å². The molecule has 0 radical (unpaired) electrons. The number of aryl methyl sites for hydroxylation is 1. The van der Waals surface area contributed by atoms with Crippen LogP contribution in [0.4, 0.5) is 5.69 Å². The summed E-state index contributed by atoms with van der Waals surface area (Å²) >= 11 is 1.45. The summed E-state index contributed by atoms with van der Waals surface area (Å²) in [5.74, 6) is 0. The number of aliphatic hydroxyl groups is 1. The minimum Gasteiger partial charge on any atom is -0.398 e. The molecule has 114 valence electrons. The SMILES string of the molecule is Cc1ccc(N)c(S(=O)(=O)NCC(O)c2ccsc2)c1C. The highest BCUT2D eigenvalue weighted by atomic mass is 32.2. The Bertz CT molecular complexity index is 725. The number of nitrogens with one attached hydrogen (secondary N) is 1. The summed E-state index contributed by atoms with van der Waals surface area (Å²) in [5.41, 5.74) is 8.16. The summed E-state index contributed by atoms with van der Waals surface area (Å²) in [6.45, 7) is 3.45. The van der Waals surface area contributed by atoms with Gasteiger partial charge in [0.1, 0.15) is 4.90 Å². The average molecular weight is 326 g/mol. The number of anilines is 1. The normalized spacial score (nSPS) is 13.3. The zero-order chi connectivity index (χ0) is 15.6. The smallest absolute Gasteiger partial charge is 0.242 e. The molecule has 0 amide bonds. The van der Waals surface area contributed by atoms with Gasteiger partial charge in [-0.1, -0.05) is 6.07 Å². The van der Waals surface area contributed by atoms with Crippen LogP contribution in [-0.2, 0) is 10.0 Å². The van der Waals surface area contributed by atoms with Crippen LogP contribution >= 0.6 is 11.3 Å². The van der Waals surface area contributed by atoms with Gasteiger partial charge in [0.05, 0.1) is 11.8 Å². The van der Waals surface area contributed by atoms with Gasteiger partial charge in [-0.25, -0.2) is 13.1 Å². The van der Waals surface area contributed by atoms with E-state index in [-0.39, 0.29) is 17.1 Å². The fourth-order valence-corrected chi connectivity index (χ4v) is 4.18. The molecule has 1 aromatic carbocycles. The number of nitrogen functional groups attached to an aromatic ring is 1. The van der Waals surface area contributed by atoms with E-state index in [2.05, 4.69) is 4.72 Å². The van der Waals surface area contributed by atoms with Crippen LogP contribution in [0, 0.1) is 13.8 Å². The number of hydrogen-bond donors (Lipinski definition) is 3. The fraction of sp³-hybridized carbons (Fsp3) is 0.286. The summed E-state index contributed by atoms with van der Waals surface area (Å²) in [7, 11) is -3.76. The van der Waals surface area contributed by atoms with Crippen molar-refractivity contribution in [1.29, 1.82) is 0 Å². The predicted octanol–water partition coefficient (Wildman–Crippen LogP) is 1.96. The fourth-order valence-electron chi connectivity index (χ4n) is 2.01. The molecule has 0 fully saturated rings. The molecule has 0 saturated carbocycles. The zero-order valence-electron chi connectivity index (χ0n) is 11.8. The maximum Gasteiger partial charge on any atom is 0.242 e. The first-order chi connectivity index (χ1) is 9.83. The van der Waals surface area contributed by atoms with Crippen LogP contribution in [0.1, 0.15) is 22.8 Å². The highest BCUT2D eigenvalue weighted by Crippen LogP contribution is 2.25. The molecule has 0 bridgehead atoms. The van der Waals surface area contributed by atoms with Crippen LogP contribution in [0.15, 0.2) is 33.9 Å². The lowest BCUT2D eigenvalue weighted by Gasteiger charge is -2.15. The van der Waals surface area contributed by atoms with Crippen LogP contribution in [0.25, 0.3) is 0 Å². The second kappa shape index (κ2) is 6.15. The summed E-state index contributed by atoms with van der Waals surface area (Å²) in [5, 5.41) is 13.6. The lowest BCUT2D eigenvalue weighted by Crippen LogP contribution is -2.29. The maximum absolute atomic E-state index is 12.4. The Morgan fingerprint density at radius 1 is 1.33 bits per heavy atom. The largest absolute Gasteiger partial charge is 0.398 e. The van der Waals surface area contributed by atoms with Crippen LogP contribution < -0.4 is 10.5 Å². The van der Waals surface area contributed by atoms with Gasteiger partial charge in [-0.05, 0) is 53.4 Å². The Balaban J connectivity index is 2.22. The minimum atomic E-state index is -3.76. The molecule has 7 heteroatoms. The van der Waals surface area contributed by atoms with E-state index >= 15 is 0 Å².